The number of ether oxygens (including phenoxy) is 1. The van der Waals surface area contributed by atoms with Crippen molar-refractivity contribution >= 4 is 12.0 Å². The Kier molecular flexibility index (Phi) is 7.50. The molecule has 3 N–H and O–H groups in total. The van der Waals surface area contributed by atoms with Crippen LogP contribution in [0.15, 0.2) is 101 Å². The third-order valence-electron chi connectivity index (χ3n) is 7.56. The first kappa shape index (κ1) is 26.2. The van der Waals surface area contributed by atoms with Gasteiger partial charge < -0.3 is 20.4 Å². The van der Waals surface area contributed by atoms with Gasteiger partial charge in [-0.3, -0.25) is 9.59 Å². The summed E-state index contributed by atoms with van der Waals surface area (Å²) in [4.78, 5) is 42.1. The second-order valence-corrected chi connectivity index (χ2v) is 10.3. The molecule has 3 unspecified atom stereocenters. The minimum atomic E-state index is -0.874. The summed E-state index contributed by atoms with van der Waals surface area (Å²) < 4.78 is 5.45. The second-order valence-electron chi connectivity index (χ2n) is 10.3. The molecule has 0 spiro atoms. The van der Waals surface area contributed by atoms with Crippen LogP contribution in [-0.4, -0.2) is 23.0 Å². The molecule has 0 radical (unpaired) electrons. The highest BCUT2D eigenvalue weighted by Gasteiger charge is 2.48. The van der Waals surface area contributed by atoms with Gasteiger partial charge in [-0.2, -0.15) is 0 Å². The summed E-state index contributed by atoms with van der Waals surface area (Å²) >= 11 is 0. The SMILES string of the molecule is C/C=C1\C2C=C(C)CC1(NC(=O)C(Cc1ccccc1)NC(=O)OCc1ccccc1)c1ccc(=O)[nH]c1C2. The summed E-state index contributed by atoms with van der Waals surface area (Å²) in [5.41, 5.74) is 4.76. The fourth-order valence-electron chi connectivity index (χ4n) is 5.95. The maximum atomic E-state index is 14.1. The van der Waals surface area contributed by atoms with Crippen molar-refractivity contribution in [3.63, 3.8) is 0 Å². The molecule has 39 heavy (non-hydrogen) atoms. The van der Waals surface area contributed by atoms with Gasteiger partial charge in [0.15, 0.2) is 0 Å². The van der Waals surface area contributed by atoms with Gasteiger partial charge >= 0.3 is 6.09 Å². The van der Waals surface area contributed by atoms with Crippen molar-refractivity contribution < 1.29 is 14.3 Å². The normalized spacial score (nSPS) is 21.3. The number of carbonyl (C=O) groups excluding carboxylic acids is 2. The van der Waals surface area contributed by atoms with E-state index in [0.717, 1.165) is 33.5 Å². The lowest BCUT2D eigenvalue weighted by Crippen LogP contribution is -2.58. The molecule has 0 fully saturated rings. The molecule has 3 aromatic rings. The molecule has 0 aliphatic heterocycles. The van der Waals surface area contributed by atoms with E-state index in [1.165, 1.54) is 6.07 Å². The van der Waals surface area contributed by atoms with E-state index in [-0.39, 0.29) is 24.0 Å². The summed E-state index contributed by atoms with van der Waals surface area (Å²) in [6, 6.07) is 21.4. The standard InChI is InChI=1S/C32H33N3O4/c1-3-25-24-16-21(2)19-32(25,26-14-15-29(36)33-27(26)18-24)35-30(37)28(17-22-10-6-4-7-11-22)34-31(38)39-20-23-12-8-5-9-13-23/h3-16,24,28H,17-20H2,1-2H3,(H,33,36)(H,34,38)(H,35,37)/b25-3+. The molecule has 2 amide bonds. The van der Waals surface area contributed by atoms with Gasteiger partial charge in [0.1, 0.15) is 12.6 Å². The number of aromatic nitrogens is 1. The zero-order chi connectivity index (χ0) is 27.4. The van der Waals surface area contributed by atoms with Crippen LogP contribution in [0.25, 0.3) is 0 Å². The lowest BCUT2D eigenvalue weighted by atomic mass is 9.63. The number of rotatable bonds is 7. The summed E-state index contributed by atoms with van der Waals surface area (Å²) in [5.74, 6) is -0.256. The number of allylic oxidation sites excluding steroid dienone is 2. The van der Waals surface area contributed by atoms with Gasteiger partial charge in [0.2, 0.25) is 11.5 Å². The third kappa shape index (κ3) is 5.58. The Morgan fingerprint density at radius 1 is 1.05 bits per heavy atom. The summed E-state index contributed by atoms with van der Waals surface area (Å²) in [6.07, 6.45) is 5.15. The summed E-state index contributed by atoms with van der Waals surface area (Å²) in [6.45, 7) is 4.15. The molecule has 0 saturated heterocycles. The molecule has 0 saturated carbocycles. The Morgan fingerprint density at radius 2 is 1.74 bits per heavy atom. The average molecular weight is 524 g/mol. The monoisotopic (exact) mass is 523 g/mol. The van der Waals surface area contributed by atoms with Crippen LogP contribution in [0.2, 0.25) is 0 Å². The number of aromatic amines is 1. The Hall–Kier alpha value is -4.39. The van der Waals surface area contributed by atoms with Gasteiger partial charge in [-0.25, -0.2) is 4.79 Å². The van der Waals surface area contributed by atoms with Crippen LogP contribution in [0.5, 0.6) is 0 Å². The minimum Gasteiger partial charge on any atom is -0.445 e. The molecule has 1 aromatic heterocycles. The van der Waals surface area contributed by atoms with E-state index in [0.29, 0.717) is 19.3 Å². The number of benzene rings is 2. The predicted octanol–water partition coefficient (Wildman–Crippen LogP) is 4.69. The molecule has 2 aliphatic carbocycles. The molecule has 200 valence electrons. The van der Waals surface area contributed by atoms with Crippen LogP contribution in [0, 0.1) is 5.92 Å². The number of hydrogen-bond donors (Lipinski definition) is 3. The highest BCUT2D eigenvalue weighted by molar-refractivity contribution is 5.87. The van der Waals surface area contributed by atoms with Gasteiger partial charge in [0.05, 0.1) is 5.54 Å². The minimum absolute atomic E-state index is 0.0611. The number of fused-ring (bicyclic) bond motifs is 4. The maximum absolute atomic E-state index is 14.1. The van der Waals surface area contributed by atoms with Crippen LogP contribution in [0.3, 0.4) is 0 Å². The van der Waals surface area contributed by atoms with Crippen molar-refractivity contribution in [1.82, 2.24) is 15.6 Å². The number of pyridine rings is 1. The topological polar surface area (TPSA) is 100 Å². The van der Waals surface area contributed by atoms with Gasteiger partial charge in [-0.15, -0.1) is 0 Å². The lowest BCUT2D eigenvalue weighted by molar-refractivity contribution is -0.125. The van der Waals surface area contributed by atoms with E-state index in [9.17, 15) is 14.4 Å². The van der Waals surface area contributed by atoms with Crippen LogP contribution < -0.4 is 16.2 Å². The van der Waals surface area contributed by atoms with E-state index in [2.05, 4.69) is 34.7 Å². The predicted molar refractivity (Wildman–Crippen MR) is 150 cm³/mol. The highest BCUT2D eigenvalue weighted by atomic mass is 16.5. The molecule has 5 rings (SSSR count). The van der Waals surface area contributed by atoms with Crippen molar-refractivity contribution in [2.24, 2.45) is 5.92 Å². The first-order valence-electron chi connectivity index (χ1n) is 13.3. The maximum Gasteiger partial charge on any atom is 0.408 e. The fraction of sp³-hybridized carbons (Fsp3) is 0.281. The van der Waals surface area contributed by atoms with E-state index in [4.69, 9.17) is 4.74 Å². The molecule has 3 atom stereocenters. The summed E-state index contributed by atoms with van der Waals surface area (Å²) in [5, 5.41) is 6.14. The largest absolute Gasteiger partial charge is 0.445 e. The zero-order valence-electron chi connectivity index (χ0n) is 22.2. The fourth-order valence-corrected chi connectivity index (χ4v) is 5.95. The number of hydrogen-bond acceptors (Lipinski definition) is 4. The Balaban J connectivity index is 1.44. The smallest absolute Gasteiger partial charge is 0.408 e. The van der Waals surface area contributed by atoms with E-state index < -0.39 is 17.7 Å². The van der Waals surface area contributed by atoms with Crippen LogP contribution in [-0.2, 0) is 34.5 Å². The number of nitrogens with one attached hydrogen (secondary N) is 3. The first-order chi connectivity index (χ1) is 18.9. The van der Waals surface area contributed by atoms with Crippen molar-refractivity contribution in [3.8, 4) is 0 Å². The third-order valence-corrected chi connectivity index (χ3v) is 7.56. The van der Waals surface area contributed by atoms with E-state index >= 15 is 0 Å². The highest BCUT2D eigenvalue weighted by Crippen LogP contribution is 2.49. The molecule has 7 heteroatoms. The van der Waals surface area contributed by atoms with Gasteiger partial charge in [-0.1, -0.05) is 78.4 Å². The van der Waals surface area contributed by atoms with Crippen molar-refractivity contribution in [2.45, 2.75) is 51.3 Å². The number of H-pyrrole nitrogens is 1. The Labute approximate surface area is 228 Å². The molecular weight excluding hydrogens is 490 g/mol. The van der Waals surface area contributed by atoms with Crippen LogP contribution in [0.1, 0.15) is 42.7 Å². The molecule has 2 aliphatic rings. The van der Waals surface area contributed by atoms with Crippen molar-refractivity contribution in [2.75, 3.05) is 0 Å². The van der Waals surface area contributed by atoms with Crippen molar-refractivity contribution in [3.05, 3.63) is 129 Å². The molecule has 2 aromatic carbocycles. The van der Waals surface area contributed by atoms with E-state index in [1.807, 2.05) is 73.7 Å². The molecule has 2 bridgehead atoms. The molecular formula is C32H33N3O4. The quantitative estimate of drug-likeness (QED) is 0.391. The number of alkyl carbamates (subject to hydrolysis) is 1. The zero-order valence-corrected chi connectivity index (χ0v) is 22.2. The van der Waals surface area contributed by atoms with E-state index in [1.54, 1.807) is 0 Å². The lowest BCUT2D eigenvalue weighted by Gasteiger charge is -2.48. The van der Waals surface area contributed by atoms with Gasteiger partial charge in [0.25, 0.3) is 0 Å². The van der Waals surface area contributed by atoms with Crippen LogP contribution in [0.4, 0.5) is 4.79 Å². The molecule has 7 nitrogen and oxygen atoms in total. The van der Waals surface area contributed by atoms with Crippen molar-refractivity contribution in [1.29, 1.82) is 0 Å². The first-order valence-corrected chi connectivity index (χ1v) is 13.3. The number of amides is 2. The summed E-state index contributed by atoms with van der Waals surface area (Å²) in [7, 11) is 0. The van der Waals surface area contributed by atoms with Gasteiger partial charge in [-0.05, 0) is 49.5 Å². The number of carbonyl (C=O) groups is 2. The Morgan fingerprint density at radius 3 is 2.44 bits per heavy atom. The van der Waals surface area contributed by atoms with Gasteiger partial charge in [0, 0.05) is 29.7 Å². The average Bonchev–Trinajstić information content (AvgIpc) is 2.92. The second kappa shape index (κ2) is 11.2. The Bertz CT molecular complexity index is 1480. The van der Waals surface area contributed by atoms with Crippen LogP contribution >= 0.6 is 0 Å². The molecule has 1 heterocycles.